The number of hydrogen-bond acceptors (Lipinski definition) is 4. The van der Waals surface area contributed by atoms with Gasteiger partial charge >= 0.3 is 0 Å². The first-order valence-corrected chi connectivity index (χ1v) is 6.63. The van der Waals surface area contributed by atoms with Crippen molar-refractivity contribution < 1.29 is 4.74 Å². The molecule has 0 fully saturated rings. The Bertz CT molecular complexity index is 533. The first-order chi connectivity index (χ1) is 8.70. The average Bonchev–Trinajstić information content (AvgIpc) is 2.36. The van der Waals surface area contributed by atoms with E-state index >= 15 is 0 Å². The van der Waals surface area contributed by atoms with Crippen LogP contribution in [0.3, 0.4) is 0 Å². The lowest BCUT2D eigenvalue weighted by molar-refractivity contribution is 0.164. The number of hydrogen-bond donors (Lipinski definition) is 1. The van der Waals surface area contributed by atoms with Gasteiger partial charge in [-0.3, -0.25) is 9.97 Å². The third-order valence-corrected chi connectivity index (χ3v) is 3.07. The van der Waals surface area contributed by atoms with Gasteiger partial charge in [-0.05, 0) is 34.0 Å². The van der Waals surface area contributed by atoms with Gasteiger partial charge in [0.1, 0.15) is 5.52 Å². The molecule has 0 saturated carbocycles. The highest BCUT2D eigenvalue weighted by Crippen LogP contribution is 2.22. The van der Waals surface area contributed by atoms with E-state index in [0.29, 0.717) is 5.92 Å². The molecule has 2 heterocycles. The molecule has 1 atom stereocenters. The topological polar surface area (TPSA) is 47.0 Å². The lowest BCUT2D eigenvalue weighted by Crippen LogP contribution is -2.16. The summed E-state index contributed by atoms with van der Waals surface area (Å²) in [4.78, 5) is 8.71. The molecule has 5 heteroatoms. The van der Waals surface area contributed by atoms with E-state index in [4.69, 9.17) is 4.74 Å². The van der Waals surface area contributed by atoms with Crippen molar-refractivity contribution in [2.45, 2.75) is 6.92 Å². The molecule has 2 aromatic rings. The first kappa shape index (κ1) is 13.2. The molecule has 0 saturated heterocycles. The molecule has 0 aliphatic heterocycles. The molecule has 2 rings (SSSR count). The van der Waals surface area contributed by atoms with E-state index < -0.39 is 0 Å². The normalized spacial score (nSPS) is 12.6. The van der Waals surface area contributed by atoms with Crippen molar-refractivity contribution in [1.82, 2.24) is 9.97 Å². The molecule has 0 aliphatic rings. The van der Waals surface area contributed by atoms with Crippen LogP contribution in [0.4, 0.5) is 5.69 Å². The second kappa shape index (κ2) is 6.11. The maximum Gasteiger partial charge on any atom is 0.112 e. The molecular formula is C13H16BrN3O. The Balaban J connectivity index is 2.18. The third-order valence-electron chi connectivity index (χ3n) is 2.64. The fraction of sp³-hybridized carbons (Fsp3) is 0.385. The molecule has 2 aromatic heterocycles. The monoisotopic (exact) mass is 309 g/mol. The van der Waals surface area contributed by atoms with Crippen molar-refractivity contribution >= 4 is 32.7 Å². The van der Waals surface area contributed by atoms with Crippen LogP contribution in [0.15, 0.2) is 29.0 Å². The molecule has 18 heavy (non-hydrogen) atoms. The van der Waals surface area contributed by atoms with Crippen LogP contribution in [-0.4, -0.2) is 30.2 Å². The number of methoxy groups -OCH3 is 1. The predicted octanol–water partition coefficient (Wildman–Crippen LogP) is 3.09. The van der Waals surface area contributed by atoms with Gasteiger partial charge in [0.05, 0.1) is 17.8 Å². The summed E-state index contributed by atoms with van der Waals surface area (Å²) in [7, 11) is 1.72. The molecule has 0 amide bonds. The fourth-order valence-electron chi connectivity index (χ4n) is 1.78. The maximum atomic E-state index is 5.12. The van der Waals surface area contributed by atoms with Gasteiger partial charge in [-0.1, -0.05) is 6.92 Å². The van der Waals surface area contributed by atoms with E-state index in [1.165, 1.54) is 0 Å². The van der Waals surface area contributed by atoms with E-state index in [2.05, 4.69) is 38.1 Å². The van der Waals surface area contributed by atoms with E-state index in [9.17, 15) is 0 Å². The molecule has 0 bridgehead atoms. The van der Waals surface area contributed by atoms with Gasteiger partial charge in [0.15, 0.2) is 0 Å². The highest BCUT2D eigenvalue weighted by Gasteiger charge is 2.06. The number of aromatic nitrogens is 2. The Morgan fingerprint density at radius 1 is 1.44 bits per heavy atom. The molecule has 4 nitrogen and oxygen atoms in total. The predicted molar refractivity (Wildman–Crippen MR) is 76.8 cm³/mol. The molecule has 1 N–H and O–H groups in total. The average molecular weight is 310 g/mol. The van der Waals surface area contributed by atoms with E-state index in [-0.39, 0.29) is 0 Å². The zero-order chi connectivity index (χ0) is 13.0. The Morgan fingerprint density at radius 3 is 3.06 bits per heavy atom. The quantitative estimate of drug-likeness (QED) is 0.922. The molecule has 1 unspecified atom stereocenters. The largest absolute Gasteiger partial charge is 0.384 e. The number of nitrogens with one attached hydrogen (secondary N) is 1. The van der Waals surface area contributed by atoms with E-state index in [0.717, 1.165) is 34.3 Å². The zero-order valence-electron chi connectivity index (χ0n) is 10.5. The number of nitrogens with zero attached hydrogens (tertiary/aromatic N) is 2. The molecule has 0 radical (unpaired) electrons. The van der Waals surface area contributed by atoms with Gasteiger partial charge in [0, 0.05) is 30.5 Å². The summed E-state index contributed by atoms with van der Waals surface area (Å²) in [5, 5.41) is 3.39. The van der Waals surface area contributed by atoms with Crippen LogP contribution in [0.2, 0.25) is 0 Å². The highest BCUT2D eigenvalue weighted by molar-refractivity contribution is 9.10. The number of pyridine rings is 2. The summed E-state index contributed by atoms with van der Waals surface area (Å²) in [5.74, 6) is 0.452. The van der Waals surface area contributed by atoms with Crippen molar-refractivity contribution in [3.63, 3.8) is 0 Å². The smallest absolute Gasteiger partial charge is 0.112 e. The lowest BCUT2D eigenvalue weighted by atomic mass is 10.2. The van der Waals surface area contributed by atoms with Crippen LogP contribution < -0.4 is 5.32 Å². The summed E-state index contributed by atoms with van der Waals surface area (Å²) >= 11 is 3.40. The second-order valence-corrected chi connectivity index (χ2v) is 5.24. The van der Waals surface area contributed by atoms with Crippen LogP contribution in [0, 0.1) is 5.92 Å². The van der Waals surface area contributed by atoms with Crippen LogP contribution >= 0.6 is 15.9 Å². The molecule has 0 aliphatic carbocycles. The standard InChI is InChI=1S/C13H16BrN3O/c1-9(8-18-2)6-16-11-3-4-15-12-5-10(14)7-17-13(11)12/h3-5,7,9H,6,8H2,1-2H3,(H,15,16). The molecule has 0 spiro atoms. The number of rotatable bonds is 5. The summed E-state index contributed by atoms with van der Waals surface area (Å²) < 4.78 is 6.06. The molecule has 0 aromatic carbocycles. The lowest BCUT2D eigenvalue weighted by Gasteiger charge is -2.13. The van der Waals surface area contributed by atoms with Gasteiger partial charge in [0.2, 0.25) is 0 Å². The van der Waals surface area contributed by atoms with Crippen LogP contribution in [0.25, 0.3) is 11.0 Å². The first-order valence-electron chi connectivity index (χ1n) is 5.83. The third kappa shape index (κ3) is 3.17. The summed E-state index contributed by atoms with van der Waals surface area (Å²) in [6.07, 6.45) is 3.58. The SMILES string of the molecule is COCC(C)CNc1ccnc2cc(Br)cnc12. The van der Waals surface area contributed by atoms with Crippen molar-refractivity contribution in [2.75, 3.05) is 25.6 Å². The van der Waals surface area contributed by atoms with Crippen molar-refractivity contribution in [2.24, 2.45) is 5.92 Å². The summed E-state index contributed by atoms with van der Waals surface area (Å²) in [5.41, 5.74) is 2.79. The number of anilines is 1. The van der Waals surface area contributed by atoms with Gasteiger partial charge in [-0.2, -0.15) is 0 Å². The Kier molecular flexibility index (Phi) is 4.49. The van der Waals surface area contributed by atoms with Gasteiger partial charge in [-0.25, -0.2) is 0 Å². The number of ether oxygens (including phenoxy) is 1. The van der Waals surface area contributed by atoms with Crippen LogP contribution in [0.1, 0.15) is 6.92 Å². The Morgan fingerprint density at radius 2 is 2.28 bits per heavy atom. The Labute approximate surface area is 115 Å². The second-order valence-electron chi connectivity index (χ2n) is 4.32. The van der Waals surface area contributed by atoms with Crippen LogP contribution in [-0.2, 0) is 4.74 Å². The van der Waals surface area contributed by atoms with E-state index in [1.807, 2.05) is 12.1 Å². The van der Waals surface area contributed by atoms with E-state index in [1.54, 1.807) is 19.5 Å². The minimum Gasteiger partial charge on any atom is -0.384 e. The van der Waals surface area contributed by atoms with Crippen molar-refractivity contribution in [1.29, 1.82) is 0 Å². The van der Waals surface area contributed by atoms with Crippen LogP contribution in [0.5, 0.6) is 0 Å². The maximum absolute atomic E-state index is 5.12. The zero-order valence-corrected chi connectivity index (χ0v) is 12.1. The highest BCUT2D eigenvalue weighted by atomic mass is 79.9. The van der Waals surface area contributed by atoms with Crippen molar-refractivity contribution in [3.05, 3.63) is 29.0 Å². The van der Waals surface area contributed by atoms with Crippen molar-refractivity contribution in [3.8, 4) is 0 Å². The minimum atomic E-state index is 0.452. The molecule has 96 valence electrons. The molecular weight excluding hydrogens is 294 g/mol. The summed E-state index contributed by atoms with van der Waals surface area (Å²) in [6.45, 7) is 3.74. The van der Waals surface area contributed by atoms with Gasteiger partial charge < -0.3 is 10.1 Å². The van der Waals surface area contributed by atoms with Gasteiger partial charge in [0.25, 0.3) is 0 Å². The minimum absolute atomic E-state index is 0.452. The van der Waals surface area contributed by atoms with Gasteiger partial charge in [-0.15, -0.1) is 0 Å². The summed E-state index contributed by atoms with van der Waals surface area (Å²) in [6, 6.07) is 3.91. The fourth-order valence-corrected chi connectivity index (χ4v) is 2.10. The number of halogens is 1. The number of fused-ring (bicyclic) bond motifs is 1. The Hall–Kier alpha value is -1.20.